The van der Waals surface area contributed by atoms with Crippen molar-refractivity contribution in [3.63, 3.8) is 0 Å². The number of nitrogens with one attached hydrogen (secondary N) is 1. The lowest BCUT2D eigenvalue weighted by molar-refractivity contribution is 0.0302. The molecular weight excluding hydrogens is 460 g/mol. The van der Waals surface area contributed by atoms with Gasteiger partial charge in [-0.05, 0) is 18.2 Å². The van der Waals surface area contributed by atoms with Crippen molar-refractivity contribution in [2.75, 3.05) is 26.3 Å². The van der Waals surface area contributed by atoms with E-state index >= 15 is 0 Å². The number of carbonyl (C=O) groups is 1. The number of aromatic nitrogens is 5. The lowest BCUT2D eigenvalue weighted by atomic mass is 10.0. The first-order chi connectivity index (χ1) is 17.2. The number of hydrogen-bond acceptors (Lipinski definition) is 6. The number of rotatable bonds is 3. The number of fused-ring (bicyclic) bond motifs is 4. The highest BCUT2D eigenvalue weighted by atomic mass is 32.1. The summed E-state index contributed by atoms with van der Waals surface area (Å²) in [5.74, 6) is 0.0117. The van der Waals surface area contributed by atoms with E-state index in [0.717, 1.165) is 44.7 Å². The first kappa shape index (κ1) is 20.5. The zero-order chi connectivity index (χ0) is 23.5. The maximum absolute atomic E-state index is 12.9. The zero-order valence-corrected chi connectivity index (χ0v) is 19.9. The van der Waals surface area contributed by atoms with Gasteiger partial charge in [0.25, 0.3) is 5.91 Å². The highest BCUT2D eigenvalue weighted by Gasteiger charge is 2.28. The van der Waals surface area contributed by atoms with Gasteiger partial charge in [-0.15, -0.1) is 11.3 Å². The summed E-state index contributed by atoms with van der Waals surface area (Å²) in [6, 6.07) is 10.5. The SMILES string of the molecule is Cn1ncc2ccc(-c3n[nH]c4c3Cc3sc(-c5cncc(C(=O)N6CCOCC6)c5)cc3-4)cc21. The van der Waals surface area contributed by atoms with Crippen LogP contribution in [-0.2, 0) is 18.2 Å². The second-order valence-corrected chi connectivity index (χ2v) is 10.1. The molecule has 174 valence electrons. The largest absolute Gasteiger partial charge is 0.378 e. The van der Waals surface area contributed by atoms with E-state index in [1.54, 1.807) is 17.5 Å². The van der Waals surface area contributed by atoms with E-state index in [2.05, 4.69) is 44.5 Å². The third-order valence-corrected chi connectivity index (χ3v) is 8.06. The number of carbonyl (C=O) groups excluding carboxylic acids is 1. The fraction of sp³-hybridized carbons (Fsp3) is 0.231. The molecule has 0 radical (unpaired) electrons. The minimum absolute atomic E-state index is 0.0117. The Labute approximate surface area is 205 Å². The van der Waals surface area contributed by atoms with Crippen LogP contribution in [0.5, 0.6) is 0 Å². The Bertz CT molecular complexity index is 1610. The molecule has 8 nitrogen and oxygen atoms in total. The van der Waals surface area contributed by atoms with E-state index in [9.17, 15) is 4.79 Å². The number of morpholine rings is 1. The molecule has 1 aliphatic carbocycles. The summed E-state index contributed by atoms with van der Waals surface area (Å²) < 4.78 is 7.26. The molecule has 5 heterocycles. The number of amides is 1. The van der Waals surface area contributed by atoms with E-state index < -0.39 is 0 Å². The quantitative estimate of drug-likeness (QED) is 0.410. The molecule has 5 aromatic rings. The lowest BCUT2D eigenvalue weighted by Gasteiger charge is -2.26. The third kappa shape index (κ3) is 3.30. The van der Waals surface area contributed by atoms with Gasteiger partial charge in [-0.1, -0.05) is 12.1 Å². The highest BCUT2D eigenvalue weighted by Crippen LogP contribution is 2.46. The Hall–Kier alpha value is -3.82. The monoisotopic (exact) mass is 482 g/mol. The van der Waals surface area contributed by atoms with Crippen molar-refractivity contribution in [1.29, 1.82) is 0 Å². The number of nitrogens with zero attached hydrogens (tertiary/aromatic N) is 5. The van der Waals surface area contributed by atoms with Gasteiger partial charge in [0, 0.05) is 76.3 Å². The second kappa shape index (κ2) is 7.86. The predicted octanol–water partition coefficient (Wildman–Crippen LogP) is 4.13. The molecule has 4 aromatic heterocycles. The van der Waals surface area contributed by atoms with Gasteiger partial charge in [0.1, 0.15) is 0 Å². The van der Waals surface area contributed by atoms with Crippen molar-refractivity contribution in [2.45, 2.75) is 6.42 Å². The topological polar surface area (TPSA) is 88.9 Å². The molecule has 35 heavy (non-hydrogen) atoms. The summed E-state index contributed by atoms with van der Waals surface area (Å²) in [4.78, 5) is 21.5. The molecule has 1 N–H and O–H groups in total. The van der Waals surface area contributed by atoms with E-state index in [1.807, 2.05) is 35.1 Å². The fourth-order valence-electron chi connectivity index (χ4n) is 5.01. The zero-order valence-electron chi connectivity index (χ0n) is 19.1. The number of pyridine rings is 1. The van der Waals surface area contributed by atoms with E-state index in [-0.39, 0.29) is 5.91 Å². The maximum atomic E-state index is 12.9. The number of thiophene rings is 1. The molecule has 1 aromatic carbocycles. The van der Waals surface area contributed by atoms with Crippen molar-refractivity contribution in [3.05, 3.63) is 64.9 Å². The van der Waals surface area contributed by atoms with Crippen LogP contribution in [0, 0.1) is 0 Å². The molecule has 0 unspecified atom stereocenters. The van der Waals surface area contributed by atoms with Crippen molar-refractivity contribution in [3.8, 4) is 33.0 Å². The lowest BCUT2D eigenvalue weighted by Crippen LogP contribution is -2.40. The molecule has 0 saturated carbocycles. The van der Waals surface area contributed by atoms with Gasteiger partial charge in [0.2, 0.25) is 0 Å². The van der Waals surface area contributed by atoms with Crippen LogP contribution in [0.25, 0.3) is 43.9 Å². The van der Waals surface area contributed by atoms with Crippen molar-refractivity contribution in [1.82, 2.24) is 29.9 Å². The third-order valence-electron chi connectivity index (χ3n) is 6.87. The Morgan fingerprint density at radius 1 is 1.09 bits per heavy atom. The number of aromatic amines is 1. The standard InChI is InChI=1S/C26H22N6O2S/c1-31-21-9-15(2-3-16(21)14-28-31)24-20-11-23-19(25(20)30-29-24)10-22(35-23)17-8-18(13-27-12-17)26(33)32-4-6-34-7-5-32/h2-3,8-10,12-14H,4-7,11H2,1H3,(H,29,30). The smallest absolute Gasteiger partial charge is 0.255 e. The summed E-state index contributed by atoms with van der Waals surface area (Å²) in [7, 11) is 1.96. The maximum Gasteiger partial charge on any atom is 0.255 e. The molecule has 0 atom stereocenters. The van der Waals surface area contributed by atoms with Gasteiger partial charge in [0.15, 0.2) is 0 Å². The van der Waals surface area contributed by atoms with Crippen LogP contribution in [0.3, 0.4) is 0 Å². The number of H-pyrrole nitrogens is 1. The average molecular weight is 483 g/mol. The van der Waals surface area contributed by atoms with Gasteiger partial charge in [-0.2, -0.15) is 10.2 Å². The van der Waals surface area contributed by atoms with Crippen LogP contribution in [-0.4, -0.2) is 62.1 Å². The molecule has 0 bridgehead atoms. The summed E-state index contributed by atoms with van der Waals surface area (Å²) in [5, 5.41) is 13.4. The molecule has 1 saturated heterocycles. The Balaban J connectivity index is 1.20. The average Bonchev–Trinajstić information content (AvgIpc) is 3.66. The molecule has 1 fully saturated rings. The summed E-state index contributed by atoms with van der Waals surface area (Å²) >= 11 is 1.76. The minimum Gasteiger partial charge on any atom is -0.378 e. The Morgan fingerprint density at radius 3 is 2.86 bits per heavy atom. The molecular formula is C26H22N6O2S. The fourth-order valence-corrected chi connectivity index (χ4v) is 6.16. The number of ether oxygens (including phenoxy) is 1. The summed E-state index contributed by atoms with van der Waals surface area (Å²) in [6.07, 6.45) is 6.20. The van der Waals surface area contributed by atoms with E-state index in [4.69, 9.17) is 4.74 Å². The van der Waals surface area contributed by atoms with Gasteiger partial charge in [0.05, 0.1) is 41.9 Å². The van der Waals surface area contributed by atoms with Crippen LogP contribution < -0.4 is 0 Å². The molecule has 1 aliphatic heterocycles. The molecule has 9 heteroatoms. The number of hydrogen-bond donors (Lipinski definition) is 1. The first-order valence-corrected chi connectivity index (χ1v) is 12.4. The molecule has 7 rings (SSSR count). The normalized spacial score (nSPS) is 14.9. The minimum atomic E-state index is 0.0117. The van der Waals surface area contributed by atoms with Crippen molar-refractivity contribution < 1.29 is 9.53 Å². The Morgan fingerprint density at radius 2 is 1.97 bits per heavy atom. The molecule has 2 aliphatic rings. The second-order valence-electron chi connectivity index (χ2n) is 8.96. The van der Waals surface area contributed by atoms with Crippen LogP contribution in [0.2, 0.25) is 0 Å². The first-order valence-electron chi connectivity index (χ1n) is 11.6. The number of benzene rings is 1. The molecule has 0 spiro atoms. The van der Waals surface area contributed by atoms with Crippen molar-refractivity contribution in [2.24, 2.45) is 7.05 Å². The Kier molecular flexibility index (Phi) is 4.61. The van der Waals surface area contributed by atoms with Gasteiger partial charge in [-0.25, -0.2) is 0 Å². The van der Waals surface area contributed by atoms with Crippen molar-refractivity contribution >= 4 is 28.1 Å². The summed E-state index contributed by atoms with van der Waals surface area (Å²) in [5.41, 5.74) is 8.25. The van der Waals surface area contributed by atoms with Crippen LogP contribution in [0.15, 0.2) is 48.9 Å². The van der Waals surface area contributed by atoms with E-state index in [0.29, 0.717) is 31.9 Å². The molecule has 1 amide bonds. The van der Waals surface area contributed by atoms with E-state index in [1.165, 1.54) is 16.0 Å². The summed E-state index contributed by atoms with van der Waals surface area (Å²) in [6.45, 7) is 2.41. The highest BCUT2D eigenvalue weighted by molar-refractivity contribution is 7.16. The van der Waals surface area contributed by atoms with Crippen LogP contribution >= 0.6 is 11.3 Å². The van der Waals surface area contributed by atoms with Crippen LogP contribution in [0.4, 0.5) is 0 Å². The number of aryl methyl sites for hydroxylation is 1. The van der Waals surface area contributed by atoms with Gasteiger partial charge < -0.3 is 9.64 Å². The predicted molar refractivity (Wildman–Crippen MR) is 134 cm³/mol. The van der Waals surface area contributed by atoms with Gasteiger partial charge >= 0.3 is 0 Å². The van der Waals surface area contributed by atoms with Gasteiger partial charge in [-0.3, -0.25) is 19.6 Å². The van der Waals surface area contributed by atoms with Crippen LogP contribution in [0.1, 0.15) is 20.8 Å².